The highest BCUT2D eigenvalue weighted by Gasteiger charge is 2.22. The van der Waals surface area contributed by atoms with Gasteiger partial charge in [-0.3, -0.25) is 4.79 Å². The fourth-order valence-corrected chi connectivity index (χ4v) is 1.66. The first-order chi connectivity index (χ1) is 5.70. The molecule has 0 aliphatic carbocycles. The SMILES string of the molecule is CC(CC(=O)O)C1CCCOC1. The Bertz CT molecular complexity index is 150. The Morgan fingerprint density at radius 1 is 1.75 bits per heavy atom. The molecule has 2 unspecified atom stereocenters. The van der Waals surface area contributed by atoms with Gasteiger partial charge in [0.25, 0.3) is 0 Å². The molecule has 0 aromatic heterocycles. The van der Waals surface area contributed by atoms with Crippen LogP contribution in [0.1, 0.15) is 26.2 Å². The predicted octanol–water partition coefficient (Wildman–Crippen LogP) is 1.52. The maximum absolute atomic E-state index is 10.4. The van der Waals surface area contributed by atoms with Crippen molar-refractivity contribution in [3.05, 3.63) is 0 Å². The number of hydrogen-bond acceptors (Lipinski definition) is 2. The molecule has 1 rings (SSSR count). The summed E-state index contributed by atoms with van der Waals surface area (Å²) in [7, 11) is 0. The van der Waals surface area contributed by atoms with Crippen LogP contribution in [0.4, 0.5) is 0 Å². The molecule has 0 spiro atoms. The van der Waals surface area contributed by atoms with Crippen LogP contribution < -0.4 is 0 Å². The van der Waals surface area contributed by atoms with Crippen LogP contribution in [0.25, 0.3) is 0 Å². The third-order valence-corrected chi connectivity index (χ3v) is 2.50. The Kier molecular flexibility index (Phi) is 3.53. The Morgan fingerprint density at radius 2 is 2.50 bits per heavy atom. The van der Waals surface area contributed by atoms with Gasteiger partial charge in [-0.25, -0.2) is 0 Å². The van der Waals surface area contributed by atoms with Crippen molar-refractivity contribution >= 4 is 5.97 Å². The van der Waals surface area contributed by atoms with Crippen LogP contribution in [0, 0.1) is 11.8 Å². The lowest BCUT2D eigenvalue weighted by Crippen LogP contribution is -2.24. The lowest BCUT2D eigenvalue weighted by Gasteiger charge is -2.26. The molecule has 1 fully saturated rings. The number of aliphatic carboxylic acids is 1. The maximum Gasteiger partial charge on any atom is 0.303 e. The maximum atomic E-state index is 10.4. The molecule has 1 aliphatic heterocycles. The van der Waals surface area contributed by atoms with E-state index in [0.29, 0.717) is 5.92 Å². The molecule has 12 heavy (non-hydrogen) atoms. The number of carbonyl (C=O) groups is 1. The van der Waals surface area contributed by atoms with Crippen molar-refractivity contribution in [2.45, 2.75) is 26.2 Å². The van der Waals surface area contributed by atoms with Crippen molar-refractivity contribution in [2.24, 2.45) is 11.8 Å². The molecule has 2 atom stereocenters. The lowest BCUT2D eigenvalue weighted by atomic mass is 9.87. The number of ether oxygens (including phenoxy) is 1. The van der Waals surface area contributed by atoms with Crippen LogP contribution >= 0.6 is 0 Å². The van der Waals surface area contributed by atoms with E-state index >= 15 is 0 Å². The van der Waals surface area contributed by atoms with Crippen molar-refractivity contribution in [3.8, 4) is 0 Å². The Balaban J connectivity index is 2.29. The van der Waals surface area contributed by atoms with Gasteiger partial charge < -0.3 is 9.84 Å². The lowest BCUT2D eigenvalue weighted by molar-refractivity contribution is -0.138. The van der Waals surface area contributed by atoms with Crippen LogP contribution in [0.5, 0.6) is 0 Å². The first kappa shape index (κ1) is 9.52. The molecule has 0 bridgehead atoms. The molecule has 0 radical (unpaired) electrons. The van der Waals surface area contributed by atoms with Crippen molar-refractivity contribution in [3.63, 3.8) is 0 Å². The molecule has 3 heteroatoms. The quantitative estimate of drug-likeness (QED) is 0.702. The van der Waals surface area contributed by atoms with E-state index in [-0.39, 0.29) is 12.3 Å². The average molecular weight is 172 g/mol. The van der Waals surface area contributed by atoms with E-state index in [1.807, 2.05) is 6.92 Å². The largest absolute Gasteiger partial charge is 0.481 e. The van der Waals surface area contributed by atoms with Crippen LogP contribution in [-0.4, -0.2) is 24.3 Å². The first-order valence-corrected chi connectivity index (χ1v) is 4.49. The average Bonchev–Trinajstić information content (AvgIpc) is 2.05. The third-order valence-electron chi connectivity index (χ3n) is 2.50. The van der Waals surface area contributed by atoms with E-state index in [2.05, 4.69) is 0 Å². The molecule has 0 saturated carbocycles. The minimum absolute atomic E-state index is 0.253. The predicted molar refractivity (Wildman–Crippen MR) is 45.0 cm³/mol. The second-order valence-electron chi connectivity index (χ2n) is 3.55. The standard InChI is InChI=1S/C9H16O3/c1-7(5-9(10)11)8-3-2-4-12-6-8/h7-8H,2-6H2,1H3,(H,10,11). The molecule has 0 amide bonds. The first-order valence-electron chi connectivity index (χ1n) is 4.49. The van der Waals surface area contributed by atoms with Gasteiger partial charge in [0.1, 0.15) is 0 Å². The van der Waals surface area contributed by atoms with Gasteiger partial charge in [-0.15, -0.1) is 0 Å². The molecular formula is C9H16O3. The molecule has 1 N–H and O–H groups in total. The second kappa shape index (κ2) is 4.45. The van der Waals surface area contributed by atoms with Crippen LogP contribution in [0.2, 0.25) is 0 Å². The number of carboxylic acid groups (broad SMARTS) is 1. The van der Waals surface area contributed by atoms with Crippen molar-refractivity contribution < 1.29 is 14.6 Å². The Hall–Kier alpha value is -0.570. The van der Waals surface area contributed by atoms with E-state index in [0.717, 1.165) is 26.1 Å². The molecule has 3 nitrogen and oxygen atoms in total. The zero-order chi connectivity index (χ0) is 8.97. The van der Waals surface area contributed by atoms with E-state index < -0.39 is 5.97 Å². The summed E-state index contributed by atoms with van der Waals surface area (Å²) in [4.78, 5) is 10.4. The minimum atomic E-state index is -0.701. The summed E-state index contributed by atoms with van der Waals surface area (Å²) in [6.07, 6.45) is 2.47. The Morgan fingerprint density at radius 3 is 3.00 bits per heavy atom. The summed E-state index contributed by atoms with van der Waals surface area (Å²) in [6, 6.07) is 0. The highest BCUT2D eigenvalue weighted by atomic mass is 16.5. The second-order valence-corrected chi connectivity index (χ2v) is 3.55. The van der Waals surface area contributed by atoms with Gasteiger partial charge in [-0.2, -0.15) is 0 Å². The van der Waals surface area contributed by atoms with E-state index in [4.69, 9.17) is 9.84 Å². The van der Waals surface area contributed by atoms with Gasteiger partial charge >= 0.3 is 5.97 Å². The van der Waals surface area contributed by atoms with Crippen LogP contribution in [0.3, 0.4) is 0 Å². The van der Waals surface area contributed by atoms with Gasteiger partial charge in [0.15, 0.2) is 0 Å². The van der Waals surface area contributed by atoms with Gasteiger partial charge in [-0.05, 0) is 24.7 Å². The molecule has 1 saturated heterocycles. The third kappa shape index (κ3) is 2.81. The van der Waals surface area contributed by atoms with Gasteiger partial charge in [-0.1, -0.05) is 6.92 Å². The minimum Gasteiger partial charge on any atom is -0.481 e. The Labute approximate surface area is 72.7 Å². The van der Waals surface area contributed by atoms with E-state index in [1.54, 1.807) is 0 Å². The van der Waals surface area contributed by atoms with Crippen LogP contribution in [-0.2, 0) is 9.53 Å². The molecule has 70 valence electrons. The van der Waals surface area contributed by atoms with Crippen molar-refractivity contribution in [1.82, 2.24) is 0 Å². The fraction of sp³-hybridized carbons (Fsp3) is 0.889. The zero-order valence-electron chi connectivity index (χ0n) is 7.45. The van der Waals surface area contributed by atoms with E-state index in [9.17, 15) is 4.79 Å². The summed E-state index contributed by atoms with van der Waals surface area (Å²) in [6.45, 7) is 3.58. The summed E-state index contributed by atoms with van der Waals surface area (Å²) in [5.74, 6) is 0.00530. The summed E-state index contributed by atoms with van der Waals surface area (Å²) < 4.78 is 5.29. The van der Waals surface area contributed by atoms with Crippen molar-refractivity contribution in [2.75, 3.05) is 13.2 Å². The van der Waals surface area contributed by atoms with E-state index in [1.165, 1.54) is 0 Å². The zero-order valence-corrected chi connectivity index (χ0v) is 7.45. The van der Waals surface area contributed by atoms with Gasteiger partial charge in [0.05, 0.1) is 0 Å². The summed E-state index contributed by atoms with van der Waals surface area (Å²) in [5.41, 5.74) is 0. The normalized spacial score (nSPS) is 26.6. The highest BCUT2D eigenvalue weighted by molar-refractivity contribution is 5.66. The fourth-order valence-electron chi connectivity index (χ4n) is 1.66. The van der Waals surface area contributed by atoms with Crippen LogP contribution in [0.15, 0.2) is 0 Å². The summed E-state index contributed by atoms with van der Waals surface area (Å²) in [5, 5.41) is 8.57. The molecule has 1 aliphatic rings. The highest BCUT2D eigenvalue weighted by Crippen LogP contribution is 2.24. The molecule has 0 aromatic rings. The smallest absolute Gasteiger partial charge is 0.303 e. The topological polar surface area (TPSA) is 46.5 Å². The molecular weight excluding hydrogens is 156 g/mol. The molecule has 0 aromatic carbocycles. The number of carboxylic acids is 1. The summed E-state index contributed by atoms with van der Waals surface area (Å²) >= 11 is 0. The monoisotopic (exact) mass is 172 g/mol. The van der Waals surface area contributed by atoms with Gasteiger partial charge in [0, 0.05) is 19.6 Å². The number of hydrogen-bond donors (Lipinski definition) is 1. The number of rotatable bonds is 3. The van der Waals surface area contributed by atoms with Gasteiger partial charge in [0.2, 0.25) is 0 Å². The van der Waals surface area contributed by atoms with Crippen molar-refractivity contribution in [1.29, 1.82) is 0 Å². The molecule has 1 heterocycles.